The fraction of sp³-hybridized carbons (Fsp3) is 0.429. The van der Waals surface area contributed by atoms with E-state index in [1.54, 1.807) is 0 Å². The SMILES string of the molecule is C=C/C(C)=C(\C)NC. The summed E-state index contributed by atoms with van der Waals surface area (Å²) in [7, 11) is 1.91. The molecule has 0 saturated carbocycles. The Morgan fingerprint density at radius 3 is 2.12 bits per heavy atom. The van der Waals surface area contributed by atoms with Gasteiger partial charge in [-0.2, -0.15) is 0 Å². The predicted molar refractivity (Wildman–Crippen MR) is 37.6 cm³/mol. The van der Waals surface area contributed by atoms with E-state index in [0.29, 0.717) is 0 Å². The van der Waals surface area contributed by atoms with Crippen LogP contribution in [-0.4, -0.2) is 7.05 Å². The molecule has 0 aliphatic heterocycles. The average molecular weight is 111 g/mol. The van der Waals surface area contributed by atoms with Crippen LogP contribution in [0.5, 0.6) is 0 Å². The minimum absolute atomic E-state index is 1.18. The summed E-state index contributed by atoms with van der Waals surface area (Å²) in [6.07, 6.45) is 1.84. The Morgan fingerprint density at radius 1 is 1.50 bits per heavy atom. The number of nitrogens with one attached hydrogen (secondary N) is 1. The minimum Gasteiger partial charge on any atom is -0.391 e. The zero-order chi connectivity index (χ0) is 6.57. The van der Waals surface area contributed by atoms with Crippen LogP contribution in [0.4, 0.5) is 0 Å². The average Bonchev–Trinajstić information content (AvgIpc) is 1.84. The Morgan fingerprint density at radius 2 is 2.00 bits per heavy atom. The maximum absolute atomic E-state index is 3.63. The summed E-state index contributed by atoms with van der Waals surface area (Å²) in [5, 5.41) is 3.02. The van der Waals surface area contributed by atoms with Crippen molar-refractivity contribution in [2.45, 2.75) is 13.8 Å². The summed E-state index contributed by atoms with van der Waals surface area (Å²) in [4.78, 5) is 0. The first-order valence-electron chi connectivity index (χ1n) is 2.70. The number of rotatable bonds is 2. The van der Waals surface area contributed by atoms with Gasteiger partial charge in [0.05, 0.1) is 0 Å². The summed E-state index contributed by atoms with van der Waals surface area (Å²) in [5.74, 6) is 0. The first kappa shape index (κ1) is 7.28. The molecule has 8 heavy (non-hydrogen) atoms. The zero-order valence-electron chi connectivity index (χ0n) is 5.78. The first-order valence-corrected chi connectivity index (χ1v) is 2.70. The van der Waals surface area contributed by atoms with Crippen molar-refractivity contribution in [3.8, 4) is 0 Å². The highest BCUT2D eigenvalue weighted by Crippen LogP contribution is 1.97. The van der Waals surface area contributed by atoms with Crippen LogP contribution in [0, 0.1) is 0 Å². The van der Waals surface area contributed by atoms with E-state index in [0.717, 1.165) is 0 Å². The second-order valence-electron chi connectivity index (χ2n) is 1.76. The number of hydrogen-bond donors (Lipinski definition) is 1. The van der Waals surface area contributed by atoms with Crippen LogP contribution < -0.4 is 5.32 Å². The highest BCUT2D eigenvalue weighted by atomic mass is 14.8. The van der Waals surface area contributed by atoms with Crippen LogP contribution in [0.15, 0.2) is 23.9 Å². The van der Waals surface area contributed by atoms with Crippen LogP contribution in [0.2, 0.25) is 0 Å². The molecule has 0 bridgehead atoms. The van der Waals surface area contributed by atoms with Gasteiger partial charge < -0.3 is 5.32 Å². The van der Waals surface area contributed by atoms with Gasteiger partial charge in [-0.05, 0) is 19.4 Å². The van der Waals surface area contributed by atoms with Crippen molar-refractivity contribution in [2.24, 2.45) is 0 Å². The first-order chi connectivity index (χ1) is 3.72. The summed E-state index contributed by atoms with van der Waals surface area (Å²) >= 11 is 0. The Balaban J connectivity index is 4.03. The van der Waals surface area contributed by atoms with Crippen LogP contribution in [0.25, 0.3) is 0 Å². The molecule has 1 N–H and O–H groups in total. The summed E-state index contributed by atoms with van der Waals surface area (Å²) < 4.78 is 0. The van der Waals surface area contributed by atoms with Crippen molar-refractivity contribution >= 4 is 0 Å². The Hall–Kier alpha value is -0.720. The van der Waals surface area contributed by atoms with E-state index in [-0.39, 0.29) is 0 Å². The molecular weight excluding hydrogens is 98.1 g/mol. The second kappa shape index (κ2) is 3.30. The molecule has 0 heterocycles. The monoisotopic (exact) mass is 111 g/mol. The minimum atomic E-state index is 1.18. The quantitative estimate of drug-likeness (QED) is 0.535. The van der Waals surface area contributed by atoms with Crippen molar-refractivity contribution in [1.29, 1.82) is 0 Å². The van der Waals surface area contributed by atoms with E-state index >= 15 is 0 Å². The van der Waals surface area contributed by atoms with Crippen LogP contribution in [0.3, 0.4) is 0 Å². The van der Waals surface area contributed by atoms with Gasteiger partial charge in [0, 0.05) is 12.7 Å². The van der Waals surface area contributed by atoms with Crippen molar-refractivity contribution < 1.29 is 0 Å². The molecule has 0 aromatic rings. The molecule has 0 saturated heterocycles. The highest BCUT2D eigenvalue weighted by molar-refractivity contribution is 5.18. The summed E-state index contributed by atoms with van der Waals surface area (Å²) in [6, 6.07) is 0. The summed E-state index contributed by atoms with van der Waals surface area (Å²) in [5.41, 5.74) is 2.38. The van der Waals surface area contributed by atoms with Crippen molar-refractivity contribution in [2.75, 3.05) is 7.05 Å². The number of allylic oxidation sites excluding steroid dienone is 3. The summed E-state index contributed by atoms with van der Waals surface area (Å²) in [6.45, 7) is 7.68. The molecule has 46 valence electrons. The molecule has 0 unspecified atom stereocenters. The Bertz CT molecular complexity index is 112. The van der Waals surface area contributed by atoms with E-state index in [1.165, 1.54) is 11.3 Å². The van der Waals surface area contributed by atoms with Crippen LogP contribution >= 0.6 is 0 Å². The molecule has 0 aromatic carbocycles. The van der Waals surface area contributed by atoms with Gasteiger partial charge in [-0.15, -0.1) is 0 Å². The van der Waals surface area contributed by atoms with E-state index < -0.39 is 0 Å². The fourth-order valence-electron chi connectivity index (χ4n) is 0.350. The van der Waals surface area contributed by atoms with Crippen LogP contribution in [0.1, 0.15) is 13.8 Å². The lowest BCUT2D eigenvalue weighted by Crippen LogP contribution is -2.02. The molecule has 0 amide bonds. The fourth-order valence-corrected chi connectivity index (χ4v) is 0.350. The topological polar surface area (TPSA) is 12.0 Å². The highest BCUT2D eigenvalue weighted by Gasteiger charge is 1.84. The lowest BCUT2D eigenvalue weighted by Gasteiger charge is -1.99. The third kappa shape index (κ3) is 1.82. The standard InChI is InChI=1S/C7H13N/c1-5-6(2)7(3)8-4/h5,8H,1H2,2-4H3/b7-6+. The van der Waals surface area contributed by atoms with E-state index in [9.17, 15) is 0 Å². The van der Waals surface area contributed by atoms with Gasteiger partial charge in [0.15, 0.2) is 0 Å². The molecule has 0 rings (SSSR count). The molecule has 0 fully saturated rings. The molecule has 0 atom stereocenters. The predicted octanol–water partition coefficient (Wildman–Crippen LogP) is 1.69. The lowest BCUT2D eigenvalue weighted by molar-refractivity contribution is 0.969. The Kier molecular flexibility index (Phi) is 3.01. The van der Waals surface area contributed by atoms with Gasteiger partial charge in [0.2, 0.25) is 0 Å². The zero-order valence-corrected chi connectivity index (χ0v) is 5.78. The molecule has 0 aromatic heterocycles. The van der Waals surface area contributed by atoms with Gasteiger partial charge in [-0.3, -0.25) is 0 Å². The molecule has 0 spiro atoms. The molecular formula is C7H13N. The Labute approximate surface area is 51.1 Å². The molecule has 0 aliphatic carbocycles. The third-order valence-electron chi connectivity index (χ3n) is 1.27. The van der Waals surface area contributed by atoms with Gasteiger partial charge >= 0.3 is 0 Å². The lowest BCUT2D eigenvalue weighted by atomic mass is 10.2. The van der Waals surface area contributed by atoms with Crippen molar-refractivity contribution in [3.05, 3.63) is 23.9 Å². The maximum atomic E-state index is 3.63. The molecule has 1 nitrogen and oxygen atoms in total. The van der Waals surface area contributed by atoms with E-state index in [4.69, 9.17) is 0 Å². The number of hydrogen-bond acceptors (Lipinski definition) is 1. The van der Waals surface area contributed by atoms with Crippen LogP contribution in [-0.2, 0) is 0 Å². The van der Waals surface area contributed by atoms with E-state index in [1.807, 2.05) is 27.0 Å². The van der Waals surface area contributed by atoms with Gasteiger partial charge in [-0.1, -0.05) is 12.7 Å². The van der Waals surface area contributed by atoms with E-state index in [2.05, 4.69) is 11.9 Å². The largest absolute Gasteiger partial charge is 0.391 e. The van der Waals surface area contributed by atoms with Crippen molar-refractivity contribution in [3.63, 3.8) is 0 Å². The third-order valence-corrected chi connectivity index (χ3v) is 1.27. The van der Waals surface area contributed by atoms with Gasteiger partial charge in [-0.25, -0.2) is 0 Å². The molecule has 0 radical (unpaired) electrons. The maximum Gasteiger partial charge on any atom is 0.0102 e. The van der Waals surface area contributed by atoms with Gasteiger partial charge in [0.1, 0.15) is 0 Å². The van der Waals surface area contributed by atoms with Gasteiger partial charge in [0.25, 0.3) is 0 Å². The normalized spacial score (nSPS) is 12.4. The van der Waals surface area contributed by atoms with Crippen molar-refractivity contribution in [1.82, 2.24) is 5.32 Å². The second-order valence-corrected chi connectivity index (χ2v) is 1.76. The molecule has 1 heteroatoms. The smallest absolute Gasteiger partial charge is 0.0102 e. The molecule has 0 aliphatic rings.